The summed E-state index contributed by atoms with van der Waals surface area (Å²) in [5.74, 6) is 0.399. The van der Waals surface area contributed by atoms with Gasteiger partial charge in [-0.15, -0.1) is 5.10 Å². The van der Waals surface area contributed by atoms with Gasteiger partial charge in [0.25, 0.3) is 0 Å². The number of hydrogen-bond acceptors (Lipinski definition) is 6. The molecule has 0 saturated carbocycles. The van der Waals surface area contributed by atoms with Crippen LogP contribution in [-0.4, -0.2) is 39.9 Å². The van der Waals surface area contributed by atoms with Gasteiger partial charge in [0.05, 0.1) is 5.75 Å². The zero-order valence-corrected chi connectivity index (χ0v) is 13.6. The molecule has 0 aliphatic carbocycles. The number of carbonyl (C=O) groups excluding carboxylic acids is 1. The number of thioether (sulfide) groups is 1. The maximum Gasteiger partial charge on any atom is 0.234 e. The summed E-state index contributed by atoms with van der Waals surface area (Å²) in [5.41, 5.74) is 7.45. The van der Waals surface area contributed by atoms with E-state index in [1.807, 2.05) is 12.1 Å². The van der Waals surface area contributed by atoms with Gasteiger partial charge < -0.3 is 16.0 Å². The Morgan fingerprint density at radius 3 is 2.65 bits per heavy atom. The van der Waals surface area contributed by atoms with Crippen molar-refractivity contribution in [2.24, 2.45) is 0 Å². The fourth-order valence-electron chi connectivity index (χ4n) is 2.56. The summed E-state index contributed by atoms with van der Waals surface area (Å²) in [6.07, 6.45) is 3.82. The molecule has 8 heteroatoms. The number of aromatic amines is 1. The summed E-state index contributed by atoms with van der Waals surface area (Å²) >= 11 is 1.24. The van der Waals surface area contributed by atoms with E-state index < -0.39 is 0 Å². The van der Waals surface area contributed by atoms with E-state index in [1.54, 1.807) is 0 Å². The van der Waals surface area contributed by atoms with Gasteiger partial charge in [0.1, 0.15) is 0 Å². The number of H-pyrrole nitrogens is 1. The summed E-state index contributed by atoms with van der Waals surface area (Å²) < 4.78 is 0. The number of amides is 1. The molecule has 3 rings (SSSR count). The number of nitrogens with zero attached hydrogens (tertiary/aromatic N) is 3. The second kappa shape index (κ2) is 7.36. The molecule has 0 spiro atoms. The predicted molar refractivity (Wildman–Crippen MR) is 92.7 cm³/mol. The van der Waals surface area contributed by atoms with E-state index >= 15 is 0 Å². The lowest BCUT2D eigenvalue weighted by atomic mass is 10.1. The van der Waals surface area contributed by atoms with E-state index in [4.69, 9.17) is 5.73 Å². The normalized spacial score (nSPS) is 14.7. The third-order valence-corrected chi connectivity index (χ3v) is 4.53. The number of nitrogen functional groups attached to an aromatic ring is 1. The third kappa shape index (κ3) is 4.38. The Labute approximate surface area is 139 Å². The van der Waals surface area contributed by atoms with Crippen LogP contribution >= 0.6 is 11.8 Å². The molecule has 0 radical (unpaired) electrons. The molecular weight excluding hydrogens is 312 g/mol. The van der Waals surface area contributed by atoms with Crippen LogP contribution in [0, 0.1) is 0 Å². The van der Waals surface area contributed by atoms with Crippen LogP contribution in [0.2, 0.25) is 0 Å². The lowest BCUT2D eigenvalue weighted by molar-refractivity contribution is -0.113. The molecule has 1 aromatic carbocycles. The Kier molecular flexibility index (Phi) is 5.02. The van der Waals surface area contributed by atoms with E-state index in [0.29, 0.717) is 5.16 Å². The fourth-order valence-corrected chi connectivity index (χ4v) is 3.16. The van der Waals surface area contributed by atoms with Crippen LogP contribution in [0.5, 0.6) is 0 Å². The average Bonchev–Trinajstić information content (AvgIpc) is 3.00. The minimum atomic E-state index is -0.0934. The summed E-state index contributed by atoms with van der Waals surface area (Å²) in [6, 6.07) is 8.00. The van der Waals surface area contributed by atoms with E-state index in [-0.39, 0.29) is 17.6 Å². The molecule has 122 valence electrons. The number of nitrogens with one attached hydrogen (secondary N) is 2. The number of hydrogen-bond donors (Lipinski definition) is 3. The number of carbonyl (C=O) groups is 1. The molecule has 1 amide bonds. The molecule has 2 aromatic rings. The predicted octanol–water partition coefficient (Wildman–Crippen LogP) is 2.11. The first kappa shape index (κ1) is 15.7. The van der Waals surface area contributed by atoms with Gasteiger partial charge in [0.2, 0.25) is 17.0 Å². The van der Waals surface area contributed by atoms with Crippen molar-refractivity contribution >= 4 is 35.0 Å². The van der Waals surface area contributed by atoms with Crippen molar-refractivity contribution < 1.29 is 4.79 Å². The highest BCUT2D eigenvalue weighted by Gasteiger charge is 2.11. The SMILES string of the molecule is Nc1nc(SCC(=O)Nc2ccc(N3CCCCC3)cc2)n[nH]1. The van der Waals surface area contributed by atoms with Gasteiger partial charge >= 0.3 is 0 Å². The molecule has 1 saturated heterocycles. The van der Waals surface area contributed by atoms with Crippen molar-refractivity contribution in [3.8, 4) is 0 Å². The molecule has 7 nitrogen and oxygen atoms in total. The first-order valence-corrected chi connectivity index (χ1v) is 8.65. The lowest BCUT2D eigenvalue weighted by Gasteiger charge is -2.28. The van der Waals surface area contributed by atoms with Crippen molar-refractivity contribution in [1.29, 1.82) is 0 Å². The number of rotatable bonds is 5. The molecule has 1 fully saturated rings. The molecule has 4 N–H and O–H groups in total. The first-order chi connectivity index (χ1) is 11.2. The van der Waals surface area contributed by atoms with Crippen molar-refractivity contribution in [2.75, 3.05) is 34.8 Å². The van der Waals surface area contributed by atoms with Crippen molar-refractivity contribution in [2.45, 2.75) is 24.4 Å². The largest absolute Gasteiger partial charge is 0.372 e. The minimum absolute atomic E-state index is 0.0934. The van der Waals surface area contributed by atoms with Gasteiger partial charge in [-0.2, -0.15) is 4.98 Å². The monoisotopic (exact) mass is 332 g/mol. The molecule has 1 aromatic heterocycles. The minimum Gasteiger partial charge on any atom is -0.372 e. The van der Waals surface area contributed by atoms with Crippen LogP contribution < -0.4 is 16.0 Å². The third-order valence-electron chi connectivity index (χ3n) is 3.69. The summed E-state index contributed by atoms with van der Waals surface area (Å²) in [7, 11) is 0. The number of nitrogens with two attached hydrogens (primary N) is 1. The Morgan fingerprint density at radius 1 is 1.26 bits per heavy atom. The zero-order chi connectivity index (χ0) is 16.1. The van der Waals surface area contributed by atoms with Crippen LogP contribution in [0.4, 0.5) is 17.3 Å². The first-order valence-electron chi connectivity index (χ1n) is 7.66. The molecule has 23 heavy (non-hydrogen) atoms. The van der Waals surface area contributed by atoms with Gasteiger partial charge in [0, 0.05) is 24.5 Å². The highest BCUT2D eigenvalue weighted by atomic mass is 32.2. The van der Waals surface area contributed by atoms with Crippen molar-refractivity contribution in [3.63, 3.8) is 0 Å². The highest BCUT2D eigenvalue weighted by Crippen LogP contribution is 2.22. The number of anilines is 3. The van der Waals surface area contributed by atoms with Crippen LogP contribution in [0.15, 0.2) is 29.4 Å². The molecular formula is C15H20N6OS. The van der Waals surface area contributed by atoms with Crippen molar-refractivity contribution in [1.82, 2.24) is 15.2 Å². The quantitative estimate of drug-likeness (QED) is 0.725. The Morgan fingerprint density at radius 2 is 2.00 bits per heavy atom. The van der Waals surface area contributed by atoms with Gasteiger partial charge in [-0.3, -0.25) is 4.79 Å². The fraction of sp³-hybridized carbons (Fsp3) is 0.400. The van der Waals surface area contributed by atoms with E-state index in [0.717, 1.165) is 18.8 Å². The topological polar surface area (TPSA) is 99.9 Å². The van der Waals surface area contributed by atoms with Gasteiger partial charge in [-0.25, -0.2) is 5.10 Å². The highest BCUT2D eigenvalue weighted by molar-refractivity contribution is 7.99. The Hall–Kier alpha value is -2.22. The maximum atomic E-state index is 11.9. The number of benzene rings is 1. The summed E-state index contributed by atoms with van der Waals surface area (Å²) in [6.45, 7) is 2.23. The van der Waals surface area contributed by atoms with E-state index in [9.17, 15) is 4.79 Å². The number of aromatic nitrogens is 3. The van der Waals surface area contributed by atoms with Crippen LogP contribution in [-0.2, 0) is 4.79 Å². The molecule has 1 aliphatic heterocycles. The van der Waals surface area contributed by atoms with Gasteiger partial charge in [0.15, 0.2) is 0 Å². The van der Waals surface area contributed by atoms with Crippen LogP contribution in [0.25, 0.3) is 0 Å². The second-order valence-corrected chi connectivity index (χ2v) is 6.38. The maximum absolute atomic E-state index is 11.9. The standard InChI is InChI=1S/C15H20N6OS/c16-14-18-15(20-19-14)23-10-13(22)17-11-4-6-12(7-5-11)21-8-2-1-3-9-21/h4-7H,1-3,8-10H2,(H,17,22)(H3,16,18,19,20). The van der Waals surface area contributed by atoms with Crippen LogP contribution in [0.1, 0.15) is 19.3 Å². The molecule has 0 unspecified atom stereocenters. The Bertz CT molecular complexity index is 650. The summed E-state index contributed by atoms with van der Waals surface area (Å²) in [5, 5.41) is 9.76. The molecule has 0 bridgehead atoms. The Balaban J connectivity index is 1.50. The molecule has 1 aliphatic rings. The zero-order valence-electron chi connectivity index (χ0n) is 12.8. The summed E-state index contributed by atoms with van der Waals surface area (Å²) in [4.78, 5) is 18.3. The van der Waals surface area contributed by atoms with Gasteiger partial charge in [-0.05, 0) is 43.5 Å². The second-order valence-electron chi connectivity index (χ2n) is 5.43. The molecule has 2 heterocycles. The van der Waals surface area contributed by atoms with E-state index in [1.165, 1.54) is 36.7 Å². The lowest BCUT2D eigenvalue weighted by Crippen LogP contribution is -2.29. The average molecular weight is 332 g/mol. The van der Waals surface area contributed by atoms with Crippen molar-refractivity contribution in [3.05, 3.63) is 24.3 Å². The molecule has 0 atom stereocenters. The van der Waals surface area contributed by atoms with E-state index in [2.05, 4.69) is 37.5 Å². The van der Waals surface area contributed by atoms with Crippen LogP contribution in [0.3, 0.4) is 0 Å². The smallest absolute Gasteiger partial charge is 0.234 e. The number of piperidine rings is 1. The van der Waals surface area contributed by atoms with Gasteiger partial charge in [-0.1, -0.05) is 11.8 Å².